The molecule has 1 aromatic rings. The Kier molecular flexibility index (Phi) is 5.24. The Morgan fingerprint density at radius 2 is 2.13 bits per heavy atom. The molecule has 15 heavy (non-hydrogen) atoms. The van der Waals surface area contributed by atoms with Crippen LogP contribution in [0.2, 0.25) is 5.02 Å². The van der Waals surface area contributed by atoms with E-state index in [9.17, 15) is 0 Å². The van der Waals surface area contributed by atoms with Crippen LogP contribution in [0.1, 0.15) is 18.1 Å². The normalized spacial score (nSPS) is 10.5. The second-order valence-electron chi connectivity index (χ2n) is 3.16. The van der Waals surface area contributed by atoms with Crippen molar-refractivity contribution < 1.29 is 4.74 Å². The van der Waals surface area contributed by atoms with E-state index in [4.69, 9.17) is 27.9 Å². The van der Waals surface area contributed by atoms with Gasteiger partial charge in [0, 0.05) is 10.9 Å². The zero-order valence-corrected chi connectivity index (χ0v) is 11.8. The van der Waals surface area contributed by atoms with Gasteiger partial charge in [0.2, 0.25) is 0 Å². The monoisotopic (exact) mass is 310 g/mol. The highest BCUT2D eigenvalue weighted by Gasteiger charge is 2.13. The van der Waals surface area contributed by atoms with Gasteiger partial charge in [0.05, 0.1) is 11.1 Å². The molecule has 1 nitrogen and oxygen atoms in total. The molecule has 0 spiro atoms. The number of ether oxygens (including phenoxy) is 1. The first-order valence-corrected chi connectivity index (χ1v) is 6.48. The predicted molar refractivity (Wildman–Crippen MR) is 69.5 cm³/mol. The van der Waals surface area contributed by atoms with E-state index in [0.717, 1.165) is 32.8 Å². The molecule has 0 unspecified atom stereocenters. The third-order valence-corrected chi connectivity index (χ3v) is 3.67. The Labute approximate surface area is 109 Å². The summed E-state index contributed by atoms with van der Waals surface area (Å²) < 4.78 is 6.52. The van der Waals surface area contributed by atoms with E-state index in [2.05, 4.69) is 15.9 Å². The van der Waals surface area contributed by atoms with Crippen molar-refractivity contribution >= 4 is 39.1 Å². The lowest BCUT2D eigenvalue weighted by atomic mass is 10.1. The molecular formula is C11H13BrCl2O. The Morgan fingerprint density at radius 1 is 1.47 bits per heavy atom. The molecule has 0 radical (unpaired) electrons. The van der Waals surface area contributed by atoms with E-state index < -0.39 is 0 Å². The van der Waals surface area contributed by atoms with Crippen molar-refractivity contribution in [1.29, 1.82) is 0 Å². The molecular weight excluding hydrogens is 299 g/mol. The molecule has 0 aromatic heterocycles. The first-order valence-electron chi connectivity index (χ1n) is 4.78. The zero-order chi connectivity index (χ0) is 11.4. The van der Waals surface area contributed by atoms with Gasteiger partial charge in [-0.2, -0.15) is 0 Å². The van der Waals surface area contributed by atoms with Crippen LogP contribution in [-0.4, -0.2) is 12.5 Å². The van der Waals surface area contributed by atoms with E-state index in [1.165, 1.54) is 0 Å². The van der Waals surface area contributed by atoms with E-state index in [-0.39, 0.29) is 0 Å². The molecule has 0 bridgehead atoms. The summed E-state index contributed by atoms with van der Waals surface area (Å²) in [6, 6.07) is 1.93. The smallest absolute Gasteiger partial charge is 0.137 e. The summed E-state index contributed by atoms with van der Waals surface area (Å²) in [5.41, 5.74) is 2.05. The SMILES string of the molecule is CCOc1c(CCCl)cc(Cl)c(C)c1Br. The molecule has 0 aliphatic heterocycles. The van der Waals surface area contributed by atoms with E-state index >= 15 is 0 Å². The zero-order valence-electron chi connectivity index (χ0n) is 8.74. The quantitative estimate of drug-likeness (QED) is 0.739. The van der Waals surface area contributed by atoms with Crippen LogP contribution in [-0.2, 0) is 6.42 Å². The van der Waals surface area contributed by atoms with Gasteiger partial charge in [-0.3, -0.25) is 0 Å². The molecule has 1 rings (SSSR count). The minimum absolute atomic E-state index is 0.561. The fourth-order valence-electron chi connectivity index (χ4n) is 1.33. The molecule has 4 heteroatoms. The Balaban J connectivity index is 3.23. The van der Waals surface area contributed by atoms with Gasteiger partial charge in [-0.1, -0.05) is 11.6 Å². The van der Waals surface area contributed by atoms with Crippen LogP contribution in [0.5, 0.6) is 5.75 Å². The van der Waals surface area contributed by atoms with Gasteiger partial charge in [0.1, 0.15) is 5.75 Å². The molecule has 0 fully saturated rings. The summed E-state index contributed by atoms with van der Waals surface area (Å²) in [4.78, 5) is 0. The molecule has 0 aliphatic rings. The summed E-state index contributed by atoms with van der Waals surface area (Å²) in [6.07, 6.45) is 0.759. The number of hydrogen-bond acceptors (Lipinski definition) is 1. The number of hydrogen-bond donors (Lipinski definition) is 0. The van der Waals surface area contributed by atoms with E-state index in [1.54, 1.807) is 0 Å². The van der Waals surface area contributed by atoms with Crippen molar-refractivity contribution in [2.45, 2.75) is 20.3 Å². The highest BCUT2D eigenvalue weighted by molar-refractivity contribution is 9.10. The number of benzene rings is 1. The number of rotatable bonds is 4. The van der Waals surface area contributed by atoms with E-state index in [0.29, 0.717) is 12.5 Å². The maximum Gasteiger partial charge on any atom is 0.137 e. The maximum absolute atomic E-state index is 6.10. The molecule has 0 heterocycles. The largest absolute Gasteiger partial charge is 0.492 e. The lowest BCUT2D eigenvalue weighted by molar-refractivity contribution is 0.334. The molecule has 0 aliphatic carbocycles. The minimum Gasteiger partial charge on any atom is -0.492 e. The second kappa shape index (κ2) is 5.97. The molecule has 0 atom stereocenters. The van der Waals surface area contributed by atoms with Gasteiger partial charge in [0.15, 0.2) is 0 Å². The van der Waals surface area contributed by atoms with Gasteiger partial charge in [-0.25, -0.2) is 0 Å². The van der Waals surface area contributed by atoms with Crippen molar-refractivity contribution in [2.75, 3.05) is 12.5 Å². The lowest BCUT2D eigenvalue weighted by Crippen LogP contribution is -2.00. The van der Waals surface area contributed by atoms with Crippen molar-refractivity contribution in [2.24, 2.45) is 0 Å². The predicted octanol–water partition coefficient (Wildman–Crippen LogP) is 4.59. The van der Waals surface area contributed by atoms with Crippen LogP contribution in [0.15, 0.2) is 10.5 Å². The van der Waals surface area contributed by atoms with Crippen LogP contribution in [0.4, 0.5) is 0 Å². The maximum atomic E-state index is 6.10. The first kappa shape index (κ1) is 13.1. The third-order valence-electron chi connectivity index (χ3n) is 2.13. The average Bonchev–Trinajstić information content (AvgIpc) is 2.21. The molecule has 0 N–H and O–H groups in total. The van der Waals surface area contributed by atoms with Crippen LogP contribution in [0, 0.1) is 6.92 Å². The highest BCUT2D eigenvalue weighted by Crippen LogP contribution is 2.37. The standard InChI is InChI=1S/C11H13BrCl2O/c1-3-15-11-8(4-5-13)6-9(14)7(2)10(11)12/h6H,3-5H2,1-2H3. The number of halogens is 3. The molecule has 84 valence electrons. The van der Waals surface area contributed by atoms with Crippen molar-refractivity contribution in [3.05, 3.63) is 26.7 Å². The third kappa shape index (κ3) is 3.02. The van der Waals surface area contributed by atoms with Crippen LogP contribution in [0.3, 0.4) is 0 Å². The molecule has 1 aromatic carbocycles. The average molecular weight is 312 g/mol. The summed E-state index contributed by atoms with van der Waals surface area (Å²) in [5, 5.41) is 0.741. The summed E-state index contributed by atoms with van der Waals surface area (Å²) in [6.45, 7) is 4.55. The summed E-state index contributed by atoms with van der Waals surface area (Å²) >= 11 is 15.3. The first-order chi connectivity index (χ1) is 7.11. The van der Waals surface area contributed by atoms with Crippen LogP contribution < -0.4 is 4.74 Å². The van der Waals surface area contributed by atoms with Gasteiger partial charge in [-0.15, -0.1) is 11.6 Å². The highest BCUT2D eigenvalue weighted by atomic mass is 79.9. The molecule has 0 saturated heterocycles. The lowest BCUT2D eigenvalue weighted by Gasteiger charge is -2.14. The Hall–Kier alpha value is 0.0800. The minimum atomic E-state index is 0.561. The second-order valence-corrected chi connectivity index (χ2v) is 4.74. The number of alkyl halides is 1. The van der Waals surface area contributed by atoms with Crippen LogP contribution >= 0.6 is 39.1 Å². The fraction of sp³-hybridized carbons (Fsp3) is 0.455. The van der Waals surface area contributed by atoms with Crippen molar-refractivity contribution in [1.82, 2.24) is 0 Å². The van der Waals surface area contributed by atoms with Gasteiger partial charge in [0.25, 0.3) is 0 Å². The Morgan fingerprint density at radius 3 is 2.67 bits per heavy atom. The molecule has 0 saturated carbocycles. The van der Waals surface area contributed by atoms with Crippen LogP contribution in [0.25, 0.3) is 0 Å². The van der Waals surface area contributed by atoms with Gasteiger partial charge in [-0.05, 0) is 53.4 Å². The van der Waals surface area contributed by atoms with Gasteiger partial charge < -0.3 is 4.74 Å². The van der Waals surface area contributed by atoms with Crippen molar-refractivity contribution in [3.8, 4) is 5.75 Å². The molecule has 0 amide bonds. The topological polar surface area (TPSA) is 9.23 Å². The summed E-state index contributed by atoms with van der Waals surface area (Å²) in [7, 11) is 0. The van der Waals surface area contributed by atoms with E-state index in [1.807, 2.05) is 19.9 Å². The van der Waals surface area contributed by atoms with Crippen molar-refractivity contribution in [3.63, 3.8) is 0 Å². The Bertz CT molecular complexity index is 353. The number of aryl methyl sites for hydroxylation is 1. The fourth-order valence-corrected chi connectivity index (χ4v) is 2.46. The van der Waals surface area contributed by atoms with Gasteiger partial charge >= 0.3 is 0 Å². The summed E-state index contributed by atoms with van der Waals surface area (Å²) in [5.74, 6) is 1.42.